The summed E-state index contributed by atoms with van der Waals surface area (Å²) in [5.41, 5.74) is 12.0. The average Bonchev–Trinajstić information content (AvgIpc) is 3.43. The Morgan fingerprint density at radius 1 is 0.581 bits per heavy atom. The molecule has 0 saturated heterocycles. The minimum atomic E-state index is -0.148. The predicted molar refractivity (Wildman–Crippen MR) is 181 cm³/mol. The van der Waals surface area contributed by atoms with Crippen molar-refractivity contribution >= 4 is 44.5 Å². The first kappa shape index (κ1) is 25.3. The Bertz CT molecular complexity index is 2040. The largest absolute Gasteiger partial charge is 0.360 e. The number of rotatable bonds is 5. The molecule has 43 heavy (non-hydrogen) atoms. The van der Waals surface area contributed by atoms with Gasteiger partial charge in [0.05, 0.1) is 16.7 Å². The number of hydrogen-bond acceptors (Lipinski definition) is 2. The lowest BCUT2D eigenvalue weighted by Crippen LogP contribution is -2.24. The van der Waals surface area contributed by atoms with E-state index >= 15 is 0 Å². The summed E-state index contributed by atoms with van der Waals surface area (Å²) >= 11 is 0. The van der Waals surface area contributed by atoms with Crippen LogP contribution in [0.4, 0.5) is 0 Å². The van der Waals surface area contributed by atoms with Crippen molar-refractivity contribution in [3.63, 3.8) is 0 Å². The Morgan fingerprint density at radius 3 is 1.91 bits per heavy atom. The van der Waals surface area contributed by atoms with E-state index in [0.29, 0.717) is 0 Å². The molecular weight excluding hydrogens is 522 g/mol. The zero-order valence-corrected chi connectivity index (χ0v) is 23.8. The second-order valence-electron chi connectivity index (χ2n) is 11.2. The number of para-hydroxylation sites is 2. The van der Waals surface area contributed by atoms with E-state index in [4.69, 9.17) is 4.99 Å². The SMILES string of the molecule is C1=C(c2cccc(C3=CC(c4ccccc4)=NC(c4ccccc4)N3)c2)CCC(n2c3ccccc3c3ccccc32)=C1. The van der Waals surface area contributed by atoms with E-state index in [1.807, 2.05) is 12.1 Å². The third-order valence-corrected chi connectivity index (χ3v) is 8.57. The molecule has 2 aliphatic rings. The van der Waals surface area contributed by atoms with Crippen molar-refractivity contribution < 1.29 is 0 Å². The van der Waals surface area contributed by atoms with E-state index < -0.39 is 0 Å². The van der Waals surface area contributed by atoms with E-state index in [-0.39, 0.29) is 6.17 Å². The zero-order valence-electron chi connectivity index (χ0n) is 23.8. The van der Waals surface area contributed by atoms with Crippen LogP contribution in [0.2, 0.25) is 0 Å². The number of hydrogen-bond donors (Lipinski definition) is 1. The van der Waals surface area contributed by atoms with E-state index in [1.165, 1.54) is 44.2 Å². The maximum atomic E-state index is 5.09. The Labute approximate surface area is 251 Å². The highest BCUT2D eigenvalue weighted by Gasteiger charge is 2.20. The predicted octanol–water partition coefficient (Wildman–Crippen LogP) is 9.64. The van der Waals surface area contributed by atoms with Gasteiger partial charge in [-0.25, -0.2) is 0 Å². The second kappa shape index (κ2) is 10.8. The van der Waals surface area contributed by atoms with Gasteiger partial charge in [-0.05, 0) is 71.0 Å². The summed E-state index contributed by atoms with van der Waals surface area (Å²) in [6, 6.07) is 47.3. The maximum absolute atomic E-state index is 5.09. The van der Waals surface area contributed by atoms with E-state index in [0.717, 1.165) is 35.4 Å². The molecule has 1 unspecified atom stereocenters. The number of aromatic nitrogens is 1. The summed E-state index contributed by atoms with van der Waals surface area (Å²) in [6.07, 6.45) is 8.64. The van der Waals surface area contributed by atoms with Crippen LogP contribution in [-0.4, -0.2) is 10.3 Å². The Morgan fingerprint density at radius 2 is 1.21 bits per heavy atom. The van der Waals surface area contributed by atoms with Gasteiger partial charge in [0.15, 0.2) is 0 Å². The van der Waals surface area contributed by atoms with Gasteiger partial charge in [-0.1, -0.05) is 121 Å². The second-order valence-corrected chi connectivity index (χ2v) is 11.2. The number of benzene rings is 5. The molecule has 0 fully saturated rings. The minimum Gasteiger partial charge on any atom is -0.360 e. The van der Waals surface area contributed by atoms with Crippen LogP contribution >= 0.6 is 0 Å². The van der Waals surface area contributed by atoms with Gasteiger partial charge < -0.3 is 9.88 Å². The van der Waals surface area contributed by atoms with Crippen molar-refractivity contribution in [1.29, 1.82) is 0 Å². The minimum absolute atomic E-state index is 0.148. The number of nitrogens with one attached hydrogen (secondary N) is 1. The van der Waals surface area contributed by atoms with Crippen LogP contribution in [0.25, 0.3) is 38.8 Å². The molecule has 3 nitrogen and oxygen atoms in total. The quantitative estimate of drug-likeness (QED) is 0.226. The molecule has 206 valence electrons. The normalized spacial score (nSPS) is 16.7. The van der Waals surface area contributed by atoms with Crippen molar-refractivity contribution in [3.8, 4) is 0 Å². The van der Waals surface area contributed by atoms with Crippen molar-refractivity contribution in [3.05, 3.63) is 174 Å². The number of aliphatic imine (C=N–C) groups is 1. The molecule has 0 saturated carbocycles. The van der Waals surface area contributed by atoms with Gasteiger partial charge in [0.2, 0.25) is 0 Å². The molecule has 1 aliphatic heterocycles. The van der Waals surface area contributed by atoms with Gasteiger partial charge in [-0.2, -0.15) is 0 Å². The van der Waals surface area contributed by atoms with Crippen LogP contribution in [-0.2, 0) is 0 Å². The van der Waals surface area contributed by atoms with Crippen LogP contribution in [0.15, 0.2) is 157 Å². The highest BCUT2D eigenvalue weighted by atomic mass is 15.1. The standard InChI is InChI=1S/C40H31N3/c1-3-12-29(13-4-1)36-27-37(42-40(41-36)30-14-5-2-6-15-30)32-17-11-16-31(26-32)28-22-24-33(25-23-28)43-38-20-9-7-18-34(38)35-19-8-10-21-39(35)43/h1-22,24,26-27,40,42H,23,25H2. The topological polar surface area (TPSA) is 29.3 Å². The molecule has 1 atom stereocenters. The first-order chi connectivity index (χ1) is 21.3. The van der Waals surface area contributed by atoms with Gasteiger partial charge in [0.1, 0.15) is 6.17 Å². The summed E-state index contributed by atoms with van der Waals surface area (Å²) < 4.78 is 2.44. The smallest absolute Gasteiger partial charge is 0.145 e. The van der Waals surface area contributed by atoms with Crippen LogP contribution in [0.5, 0.6) is 0 Å². The van der Waals surface area contributed by atoms with Crippen LogP contribution in [0.1, 0.15) is 41.3 Å². The fourth-order valence-corrected chi connectivity index (χ4v) is 6.43. The van der Waals surface area contributed by atoms with E-state index in [9.17, 15) is 0 Å². The van der Waals surface area contributed by atoms with Gasteiger partial charge in [-0.3, -0.25) is 4.99 Å². The molecule has 1 aliphatic carbocycles. The molecule has 6 aromatic rings. The van der Waals surface area contributed by atoms with Crippen LogP contribution < -0.4 is 5.32 Å². The van der Waals surface area contributed by atoms with E-state index in [1.54, 1.807) is 0 Å². The van der Waals surface area contributed by atoms with Crippen molar-refractivity contribution in [2.75, 3.05) is 0 Å². The molecule has 8 rings (SSSR count). The van der Waals surface area contributed by atoms with E-state index in [2.05, 4.69) is 149 Å². The molecular formula is C40H31N3. The summed E-state index contributed by atoms with van der Waals surface area (Å²) in [6.45, 7) is 0. The Balaban J connectivity index is 1.15. The van der Waals surface area contributed by atoms with Crippen molar-refractivity contribution in [1.82, 2.24) is 9.88 Å². The average molecular weight is 554 g/mol. The molecule has 1 aromatic heterocycles. The fraction of sp³-hybridized carbons (Fsp3) is 0.0750. The lowest BCUT2D eigenvalue weighted by molar-refractivity contribution is 0.664. The maximum Gasteiger partial charge on any atom is 0.145 e. The molecule has 0 spiro atoms. The molecule has 3 heteroatoms. The number of nitrogens with zero attached hydrogens (tertiary/aromatic N) is 2. The van der Waals surface area contributed by atoms with Crippen molar-refractivity contribution in [2.45, 2.75) is 19.0 Å². The highest BCUT2D eigenvalue weighted by molar-refractivity contribution is 6.13. The van der Waals surface area contributed by atoms with Crippen LogP contribution in [0, 0.1) is 0 Å². The summed E-state index contributed by atoms with van der Waals surface area (Å²) in [5.74, 6) is 0. The molecule has 0 bridgehead atoms. The first-order valence-corrected chi connectivity index (χ1v) is 15.0. The molecule has 5 aromatic carbocycles. The van der Waals surface area contributed by atoms with Crippen LogP contribution in [0.3, 0.4) is 0 Å². The molecule has 2 heterocycles. The zero-order chi connectivity index (χ0) is 28.6. The highest BCUT2D eigenvalue weighted by Crippen LogP contribution is 2.37. The lowest BCUT2D eigenvalue weighted by Gasteiger charge is -2.25. The molecule has 0 amide bonds. The number of fused-ring (bicyclic) bond motifs is 3. The molecule has 1 N–H and O–H groups in total. The number of allylic oxidation sites excluding steroid dienone is 5. The monoisotopic (exact) mass is 553 g/mol. The Hall–Kier alpha value is -5.41. The van der Waals surface area contributed by atoms with Gasteiger partial charge in [-0.15, -0.1) is 0 Å². The van der Waals surface area contributed by atoms with Crippen molar-refractivity contribution in [2.24, 2.45) is 4.99 Å². The summed E-state index contributed by atoms with van der Waals surface area (Å²) in [4.78, 5) is 5.09. The summed E-state index contributed by atoms with van der Waals surface area (Å²) in [7, 11) is 0. The Kier molecular flexibility index (Phi) is 6.34. The lowest BCUT2D eigenvalue weighted by atomic mass is 9.93. The van der Waals surface area contributed by atoms with Gasteiger partial charge in [0, 0.05) is 22.2 Å². The third-order valence-electron chi connectivity index (χ3n) is 8.57. The summed E-state index contributed by atoms with van der Waals surface area (Å²) in [5, 5.41) is 6.33. The van der Waals surface area contributed by atoms with Gasteiger partial charge >= 0.3 is 0 Å². The fourth-order valence-electron chi connectivity index (χ4n) is 6.43. The molecule has 0 radical (unpaired) electrons. The van der Waals surface area contributed by atoms with Gasteiger partial charge in [0.25, 0.3) is 0 Å². The first-order valence-electron chi connectivity index (χ1n) is 15.0. The third kappa shape index (κ3) is 4.69.